The number of benzene rings is 1. The molecule has 3 rings (SSSR count). The number of halogens is 1. The Hall–Kier alpha value is -1.74. The Bertz CT molecular complexity index is 900. The highest BCUT2D eigenvalue weighted by Crippen LogP contribution is 2.34. The smallest absolute Gasteiger partial charge is 0.250 e. The van der Waals surface area contributed by atoms with Crippen molar-refractivity contribution in [2.75, 3.05) is 13.1 Å². The van der Waals surface area contributed by atoms with Gasteiger partial charge < -0.3 is 10.3 Å². The number of nitrogens with two attached hydrogens (primary N) is 1. The standard InChI is InChI=1S/C19H26N4O3S.ClH/c1-3-23(4-2)27(24,25)16-10-7-15(8-11-16)9-12-17-21-18(22-26-17)19(20)13-5-6-14-19;/h7-12H,3-6,13-14,20H2,1-2H3;1H/b12-9+;. The summed E-state index contributed by atoms with van der Waals surface area (Å²) < 4.78 is 31.7. The van der Waals surface area contributed by atoms with Gasteiger partial charge in [0.1, 0.15) is 0 Å². The first-order valence-corrected chi connectivity index (χ1v) is 10.7. The molecule has 0 amide bonds. The third-order valence-electron chi connectivity index (χ3n) is 5.02. The highest BCUT2D eigenvalue weighted by Gasteiger charge is 2.35. The van der Waals surface area contributed by atoms with Gasteiger partial charge in [-0.15, -0.1) is 12.4 Å². The summed E-state index contributed by atoms with van der Waals surface area (Å²) >= 11 is 0. The number of hydrogen-bond donors (Lipinski definition) is 1. The maximum Gasteiger partial charge on any atom is 0.250 e. The van der Waals surface area contributed by atoms with E-state index in [-0.39, 0.29) is 17.3 Å². The Morgan fingerprint density at radius 2 is 1.75 bits per heavy atom. The average molecular weight is 427 g/mol. The molecule has 0 saturated heterocycles. The number of hydrogen-bond acceptors (Lipinski definition) is 6. The summed E-state index contributed by atoms with van der Waals surface area (Å²) in [7, 11) is -3.44. The first-order chi connectivity index (χ1) is 12.9. The Kier molecular flexibility index (Phi) is 7.39. The van der Waals surface area contributed by atoms with Crippen molar-refractivity contribution in [2.24, 2.45) is 5.73 Å². The minimum atomic E-state index is -3.44. The molecule has 1 fully saturated rings. The van der Waals surface area contributed by atoms with Crippen LogP contribution in [0.3, 0.4) is 0 Å². The zero-order valence-electron chi connectivity index (χ0n) is 16.2. The molecule has 1 heterocycles. The van der Waals surface area contributed by atoms with Crippen LogP contribution in [0, 0.1) is 0 Å². The van der Waals surface area contributed by atoms with Gasteiger partial charge in [0.15, 0.2) is 5.82 Å². The fourth-order valence-corrected chi connectivity index (χ4v) is 4.82. The van der Waals surface area contributed by atoms with Gasteiger partial charge in [0.05, 0.1) is 10.4 Å². The van der Waals surface area contributed by atoms with E-state index in [1.54, 1.807) is 30.3 Å². The quantitative estimate of drug-likeness (QED) is 0.727. The van der Waals surface area contributed by atoms with Gasteiger partial charge in [0.25, 0.3) is 5.89 Å². The van der Waals surface area contributed by atoms with E-state index in [4.69, 9.17) is 10.3 Å². The van der Waals surface area contributed by atoms with Crippen molar-refractivity contribution in [1.29, 1.82) is 0 Å². The molecule has 1 aromatic carbocycles. The summed E-state index contributed by atoms with van der Waals surface area (Å²) in [5, 5.41) is 4.02. The molecule has 1 aromatic heterocycles. The van der Waals surface area contributed by atoms with Gasteiger partial charge in [-0.25, -0.2) is 8.42 Å². The lowest BCUT2D eigenvalue weighted by Gasteiger charge is -2.18. The van der Waals surface area contributed by atoms with Gasteiger partial charge in [-0.3, -0.25) is 0 Å². The number of nitrogens with zero attached hydrogens (tertiary/aromatic N) is 3. The van der Waals surface area contributed by atoms with E-state index in [0.29, 0.717) is 24.8 Å². The van der Waals surface area contributed by atoms with Gasteiger partial charge >= 0.3 is 0 Å². The van der Waals surface area contributed by atoms with Crippen molar-refractivity contribution < 1.29 is 12.9 Å². The molecule has 1 saturated carbocycles. The lowest BCUT2D eigenvalue weighted by Crippen LogP contribution is -2.34. The SMILES string of the molecule is CCN(CC)S(=O)(=O)c1ccc(/C=C/c2nc(C3(N)CCCC3)no2)cc1.Cl. The van der Waals surface area contributed by atoms with Crippen LogP contribution in [0.1, 0.15) is 56.8 Å². The minimum Gasteiger partial charge on any atom is -0.335 e. The molecule has 0 aliphatic heterocycles. The third-order valence-corrected chi connectivity index (χ3v) is 7.09. The molecule has 28 heavy (non-hydrogen) atoms. The van der Waals surface area contributed by atoms with E-state index >= 15 is 0 Å². The van der Waals surface area contributed by atoms with Gasteiger partial charge in [0, 0.05) is 19.2 Å². The Morgan fingerprint density at radius 3 is 2.32 bits per heavy atom. The van der Waals surface area contributed by atoms with Crippen LogP contribution in [0.4, 0.5) is 0 Å². The maximum atomic E-state index is 12.5. The molecule has 2 aromatic rings. The Balaban J connectivity index is 0.00000280. The summed E-state index contributed by atoms with van der Waals surface area (Å²) in [6, 6.07) is 6.73. The van der Waals surface area contributed by atoms with E-state index in [0.717, 1.165) is 31.2 Å². The molecule has 0 radical (unpaired) electrons. The monoisotopic (exact) mass is 426 g/mol. The van der Waals surface area contributed by atoms with Crippen LogP contribution in [0.2, 0.25) is 0 Å². The van der Waals surface area contributed by atoms with Crippen molar-refractivity contribution in [3.8, 4) is 0 Å². The molecule has 2 N–H and O–H groups in total. The van der Waals surface area contributed by atoms with Crippen molar-refractivity contribution in [3.63, 3.8) is 0 Å². The molecule has 1 aliphatic carbocycles. The van der Waals surface area contributed by atoms with Crippen LogP contribution in [0.15, 0.2) is 33.7 Å². The second-order valence-electron chi connectivity index (χ2n) is 6.81. The summed E-state index contributed by atoms with van der Waals surface area (Å²) in [6.45, 7) is 4.55. The largest absolute Gasteiger partial charge is 0.335 e. The second-order valence-corrected chi connectivity index (χ2v) is 8.75. The van der Waals surface area contributed by atoms with Gasteiger partial charge in [0.2, 0.25) is 10.0 Å². The van der Waals surface area contributed by atoms with Gasteiger partial charge in [-0.1, -0.05) is 44.0 Å². The van der Waals surface area contributed by atoms with E-state index in [9.17, 15) is 8.42 Å². The molecule has 1 aliphatic rings. The van der Waals surface area contributed by atoms with E-state index in [1.807, 2.05) is 19.9 Å². The van der Waals surface area contributed by atoms with Crippen LogP contribution in [-0.4, -0.2) is 36.0 Å². The average Bonchev–Trinajstić information content (AvgIpc) is 3.31. The Morgan fingerprint density at radius 1 is 1.14 bits per heavy atom. The highest BCUT2D eigenvalue weighted by atomic mass is 35.5. The molecular weight excluding hydrogens is 400 g/mol. The van der Waals surface area contributed by atoms with Crippen molar-refractivity contribution in [1.82, 2.24) is 14.4 Å². The van der Waals surface area contributed by atoms with Crippen molar-refractivity contribution in [2.45, 2.75) is 50.0 Å². The molecule has 0 atom stereocenters. The highest BCUT2D eigenvalue weighted by molar-refractivity contribution is 7.89. The fourth-order valence-electron chi connectivity index (χ4n) is 3.37. The van der Waals surface area contributed by atoms with E-state index in [1.165, 1.54) is 4.31 Å². The fraction of sp³-hybridized carbons (Fsp3) is 0.474. The first kappa shape index (κ1) is 22.5. The van der Waals surface area contributed by atoms with Crippen LogP contribution in [0.25, 0.3) is 12.2 Å². The predicted octanol–water partition coefficient (Wildman–Crippen LogP) is 3.42. The number of aromatic nitrogens is 2. The summed E-state index contributed by atoms with van der Waals surface area (Å²) in [5.74, 6) is 0.946. The van der Waals surface area contributed by atoms with Gasteiger partial charge in [-0.05, 0) is 36.6 Å². The molecular formula is C19H27ClN4O3S. The number of rotatable bonds is 7. The molecule has 7 nitrogen and oxygen atoms in total. The third kappa shape index (κ3) is 4.63. The van der Waals surface area contributed by atoms with Crippen LogP contribution in [-0.2, 0) is 15.6 Å². The van der Waals surface area contributed by atoms with Gasteiger partial charge in [-0.2, -0.15) is 9.29 Å². The van der Waals surface area contributed by atoms with E-state index < -0.39 is 15.6 Å². The maximum absolute atomic E-state index is 12.5. The van der Waals surface area contributed by atoms with Crippen LogP contribution < -0.4 is 5.73 Å². The summed E-state index contributed by atoms with van der Waals surface area (Å²) in [6.07, 6.45) is 7.43. The lowest BCUT2D eigenvalue weighted by atomic mass is 9.99. The Labute approximate surface area is 172 Å². The van der Waals surface area contributed by atoms with E-state index in [2.05, 4.69) is 10.1 Å². The topological polar surface area (TPSA) is 102 Å². The van der Waals surface area contributed by atoms with Crippen molar-refractivity contribution in [3.05, 3.63) is 41.5 Å². The van der Waals surface area contributed by atoms with Crippen molar-refractivity contribution >= 4 is 34.6 Å². The molecule has 0 unspecified atom stereocenters. The zero-order chi connectivity index (χ0) is 19.5. The molecule has 0 spiro atoms. The summed E-state index contributed by atoms with van der Waals surface area (Å²) in [5.41, 5.74) is 6.70. The molecule has 9 heteroatoms. The van der Waals surface area contributed by atoms with Crippen LogP contribution >= 0.6 is 12.4 Å². The summed E-state index contributed by atoms with van der Waals surface area (Å²) in [4.78, 5) is 4.68. The molecule has 0 bridgehead atoms. The minimum absolute atomic E-state index is 0. The van der Waals surface area contributed by atoms with Crippen LogP contribution in [0.5, 0.6) is 0 Å². The second kappa shape index (κ2) is 9.17. The number of sulfonamides is 1. The molecule has 154 valence electrons. The predicted molar refractivity (Wildman–Crippen MR) is 111 cm³/mol. The lowest BCUT2D eigenvalue weighted by molar-refractivity contribution is 0.364. The normalized spacial score (nSPS) is 16.6. The zero-order valence-corrected chi connectivity index (χ0v) is 17.8. The first-order valence-electron chi connectivity index (χ1n) is 9.30.